The van der Waals surface area contributed by atoms with Crippen LogP contribution in [0.2, 0.25) is 0 Å². The lowest BCUT2D eigenvalue weighted by Crippen LogP contribution is -2.38. The van der Waals surface area contributed by atoms with Crippen LogP contribution < -0.4 is 14.9 Å². The fraction of sp³-hybridized carbons (Fsp3) is 0.259. The summed E-state index contributed by atoms with van der Waals surface area (Å²) in [6.45, 7) is 5.94. The van der Waals surface area contributed by atoms with Gasteiger partial charge in [0, 0.05) is 6.54 Å². The number of rotatable bonds is 10. The number of sulfonamides is 1. The third kappa shape index (κ3) is 6.48. The van der Waals surface area contributed by atoms with Crippen LogP contribution in [0.4, 0.5) is 11.4 Å². The van der Waals surface area contributed by atoms with Crippen molar-refractivity contribution in [1.29, 1.82) is 0 Å². The van der Waals surface area contributed by atoms with E-state index in [1.165, 1.54) is 12.1 Å². The summed E-state index contributed by atoms with van der Waals surface area (Å²) in [4.78, 5) is 25.8. The van der Waals surface area contributed by atoms with Crippen molar-refractivity contribution in [2.75, 3.05) is 22.7 Å². The Bertz CT molecular complexity index is 1290. The van der Waals surface area contributed by atoms with Crippen LogP contribution in [-0.4, -0.2) is 33.3 Å². The normalized spacial score (nSPS) is 11.1. The van der Waals surface area contributed by atoms with E-state index < -0.39 is 22.5 Å². The number of hydrogen-bond donors (Lipinski definition) is 2. The minimum absolute atomic E-state index is 0.0849. The van der Waals surface area contributed by atoms with Crippen molar-refractivity contribution < 1.29 is 18.0 Å². The van der Waals surface area contributed by atoms with Crippen molar-refractivity contribution in [1.82, 2.24) is 5.32 Å². The highest BCUT2D eigenvalue weighted by molar-refractivity contribution is 7.92. The van der Waals surface area contributed by atoms with E-state index in [0.29, 0.717) is 23.5 Å². The molecule has 0 saturated heterocycles. The van der Waals surface area contributed by atoms with Gasteiger partial charge in [-0.15, -0.1) is 0 Å². The Labute approximate surface area is 207 Å². The molecule has 0 heterocycles. The predicted molar refractivity (Wildman–Crippen MR) is 139 cm³/mol. The molecule has 0 unspecified atom stereocenters. The van der Waals surface area contributed by atoms with Gasteiger partial charge in [-0.25, -0.2) is 8.42 Å². The predicted octanol–water partition coefficient (Wildman–Crippen LogP) is 4.67. The molecule has 0 aliphatic carbocycles. The van der Waals surface area contributed by atoms with Crippen molar-refractivity contribution in [3.05, 3.63) is 89.5 Å². The Morgan fingerprint density at radius 3 is 2.26 bits per heavy atom. The zero-order valence-electron chi connectivity index (χ0n) is 20.2. The lowest BCUT2D eigenvalue weighted by atomic mass is 10.1. The second-order valence-electron chi connectivity index (χ2n) is 8.30. The molecular formula is C27H31N3O4S. The largest absolute Gasteiger partial charge is 0.352 e. The van der Waals surface area contributed by atoms with Crippen LogP contribution in [0.5, 0.6) is 0 Å². The minimum atomic E-state index is -4.02. The summed E-state index contributed by atoms with van der Waals surface area (Å²) in [5, 5.41) is 5.57. The SMILES string of the molecule is CCCCNC(=O)c1ccccc1NC(=O)CN(c1ccc(C)c(C)c1)S(=O)(=O)c1ccccc1. The van der Waals surface area contributed by atoms with Gasteiger partial charge in [0.25, 0.3) is 15.9 Å². The van der Waals surface area contributed by atoms with E-state index in [9.17, 15) is 18.0 Å². The zero-order valence-corrected chi connectivity index (χ0v) is 21.1. The molecule has 3 aromatic rings. The first-order valence-electron chi connectivity index (χ1n) is 11.6. The van der Waals surface area contributed by atoms with Crippen molar-refractivity contribution in [3.63, 3.8) is 0 Å². The van der Waals surface area contributed by atoms with E-state index in [0.717, 1.165) is 28.3 Å². The van der Waals surface area contributed by atoms with Crippen molar-refractivity contribution in [3.8, 4) is 0 Å². The highest BCUT2D eigenvalue weighted by atomic mass is 32.2. The first-order chi connectivity index (χ1) is 16.7. The van der Waals surface area contributed by atoms with Crippen LogP contribution in [0.3, 0.4) is 0 Å². The quantitative estimate of drug-likeness (QED) is 0.401. The monoisotopic (exact) mass is 493 g/mol. The lowest BCUT2D eigenvalue weighted by molar-refractivity contribution is -0.114. The van der Waals surface area contributed by atoms with Crippen LogP contribution >= 0.6 is 0 Å². The second kappa shape index (κ2) is 11.7. The molecule has 0 saturated carbocycles. The Morgan fingerprint density at radius 2 is 1.57 bits per heavy atom. The third-order valence-electron chi connectivity index (χ3n) is 5.66. The fourth-order valence-corrected chi connectivity index (χ4v) is 4.93. The van der Waals surface area contributed by atoms with Gasteiger partial charge in [0.15, 0.2) is 0 Å². The molecule has 2 amide bonds. The molecule has 3 rings (SSSR count). The van der Waals surface area contributed by atoms with Crippen LogP contribution in [0.15, 0.2) is 77.7 Å². The minimum Gasteiger partial charge on any atom is -0.352 e. The molecule has 0 bridgehead atoms. The first kappa shape index (κ1) is 26.0. The lowest BCUT2D eigenvalue weighted by Gasteiger charge is -2.25. The molecule has 0 atom stereocenters. The molecule has 0 aliphatic heterocycles. The average Bonchev–Trinajstić information content (AvgIpc) is 2.85. The van der Waals surface area contributed by atoms with E-state index in [1.807, 2.05) is 26.8 Å². The zero-order chi connectivity index (χ0) is 25.4. The van der Waals surface area contributed by atoms with Crippen molar-refractivity contribution >= 4 is 33.2 Å². The van der Waals surface area contributed by atoms with Gasteiger partial charge < -0.3 is 10.6 Å². The number of carbonyl (C=O) groups excluding carboxylic acids is 2. The number of carbonyl (C=O) groups is 2. The molecule has 3 aromatic carbocycles. The number of anilines is 2. The van der Waals surface area contributed by atoms with E-state index in [2.05, 4.69) is 10.6 Å². The van der Waals surface area contributed by atoms with Gasteiger partial charge in [-0.2, -0.15) is 0 Å². The number of hydrogen-bond acceptors (Lipinski definition) is 4. The Hall–Kier alpha value is -3.65. The number of unbranched alkanes of at least 4 members (excludes halogenated alkanes) is 1. The molecule has 8 heteroatoms. The van der Waals surface area contributed by atoms with Gasteiger partial charge in [-0.3, -0.25) is 13.9 Å². The molecule has 0 spiro atoms. The summed E-state index contributed by atoms with van der Waals surface area (Å²) in [6, 6.07) is 19.9. The second-order valence-corrected chi connectivity index (χ2v) is 10.2. The van der Waals surface area contributed by atoms with Gasteiger partial charge in [-0.1, -0.05) is 49.7 Å². The van der Waals surface area contributed by atoms with Crippen molar-refractivity contribution in [2.24, 2.45) is 0 Å². The molecule has 0 aliphatic rings. The van der Waals surface area contributed by atoms with Crippen LogP contribution in [0.1, 0.15) is 41.3 Å². The number of aryl methyl sites for hydroxylation is 2. The summed E-state index contributed by atoms with van der Waals surface area (Å²) in [6.07, 6.45) is 1.80. The van der Waals surface area contributed by atoms with Gasteiger partial charge >= 0.3 is 0 Å². The molecule has 0 fully saturated rings. The maximum atomic E-state index is 13.5. The Balaban J connectivity index is 1.90. The smallest absolute Gasteiger partial charge is 0.264 e. The van der Waals surface area contributed by atoms with Crippen LogP contribution in [0.25, 0.3) is 0 Å². The molecule has 0 radical (unpaired) electrons. The summed E-state index contributed by atoms with van der Waals surface area (Å²) in [7, 11) is -4.02. The van der Waals surface area contributed by atoms with Gasteiger partial charge in [0.2, 0.25) is 5.91 Å². The molecule has 7 nitrogen and oxygen atoms in total. The van der Waals surface area contributed by atoms with Crippen LogP contribution in [-0.2, 0) is 14.8 Å². The molecule has 184 valence electrons. The highest BCUT2D eigenvalue weighted by Crippen LogP contribution is 2.26. The fourth-order valence-electron chi connectivity index (χ4n) is 3.50. The third-order valence-corrected chi connectivity index (χ3v) is 7.45. The van der Waals surface area contributed by atoms with E-state index in [4.69, 9.17) is 0 Å². The van der Waals surface area contributed by atoms with Gasteiger partial charge in [0.05, 0.1) is 21.8 Å². The Morgan fingerprint density at radius 1 is 0.886 bits per heavy atom. The Kier molecular flexibility index (Phi) is 8.65. The summed E-state index contributed by atoms with van der Waals surface area (Å²) in [5.41, 5.74) is 2.95. The number of para-hydroxylation sites is 1. The standard InChI is InChI=1S/C27H31N3O4S/c1-4-5-17-28-27(32)24-13-9-10-14-25(24)29-26(31)19-30(22-16-15-20(2)21(3)18-22)35(33,34)23-11-7-6-8-12-23/h6-16,18H,4-5,17,19H2,1-3H3,(H,28,32)(H,29,31). The van der Waals surface area contributed by atoms with Crippen LogP contribution in [0, 0.1) is 13.8 Å². The summed E-state index contributed by atoms with van der Waals surface area (Å²) >= 11 is 0. The summed E-state index contributed by atoms with van der Waals surface area (Å²) in [5.74, 6) is -0.853. The molecule has 0 aromatic heterocycles. The number of benzene rings is 3. The topological polar surface area (TPSA) is 95.6 Å². The maximum Gasteiger partial charge on any atom is 0.264 e. The molecule has 2 N–H and O–H groups in total. The van der Waals surface area contributed by atoms with E-state index >= 15 is 0 Å². The van der Waals surface area contributed by atoms with E-state index in [1.54, 1.807) is 54.6 Å². The van der Waals surface area contributed by atoms with Crippen molar-refractivity contribution in [2.45, 2.75) is 38.5 Å². The molecule has 35 heavy (non-hydrogen) atoms. The first-order valence-corrected chi connectivity index (χ1v) is 13.0. The number of nitrogens with one attached hydrogen (secondary N) is 2. The van der Waals surface area contributed by atoms with Gasteiger partial charge in [0.1, 0.15) is 6.54 Å². The number of amides is 2. The van der Waals surface area contributed by atoms with Gasteiger partial charge in [-0.05, 0) is 67.8 Å². The maximum absolute atomic E-state index is 13.5. The van der Waals surface area contributed by atoms with E-state index in [-0.39, 0.29) is 10.8 Å². The highest BCUT2D eigenvalue weighted by Gasteiger charge is 2.28. The average molecular weight is 494 g/mol. The molecular weight excluding hydrogens is 462 g/mol. The number of nitrogens with zero attached hydrogens (tertiary/aromatic N) is 1. The summed E-state index contributed by atoms with van der Waals surface area (Å²) < 4.78 is 28.1.